The number of aryl methyl sites for hydroxylation is 2. The van der Waals surface area contributed by atoms with Gasteiger partial charge in [0.1, 0.15) is 16.9 Å². The lowest BCUT2D eigenvalue weighted by molar-refractivity contribution is -0.384. The van der Waals surface area contributed by atoms with Crippen LogP contribution in [0, 0.1) is 10.1 Å². The maximum Gasteiger partial charge on any atom is 0.271 e. The summed E-state index contributed by atoms with van der Waals surface area (Å²) in [5.74, 6) is 0.805. The summed E-state index contributed by atoms with van der Waals surface area (Å²) in [6, 6.07) is 12.8. The number of thiophene rings is 1. The van der Waals surface area contributed by atoms with Gasteiger partial charge in [-0.1, -0.05) is 6.07 Å². The van der Waals surface area contributed by atoms with Gasteiger partial charge in [0.15, 0.2) is 12.4 Å². The number of anilines is 2. The molecule has 1 aliphatic carbocycles. The Morgan fingerprint density at radius 1 is 1.17 bits per heavy atom. The van der Waals surface area contributed by atoms with E-state index in [1.165, 1.54) is 41.5 Å². The number of nitrogens with zero attached hydrogens (tertiary/aromatic N) is 4. The highest BCUT2D eigenvalue weighted by Crippen LogP contribution is 2.38. The van der Waals surface area contributed by atoms with Crippen molar-refractivity contribution in [3.05, 3.63) is 81.0 Å². The molecule has 1 amide bonds. The maximum absolute atomic E-state index is 12.1. The Labute approximate surface area is 210 Å². The average molecular weight is 503 g/mol. The largest absolute Gasteiger partial charge is 0.484 e. The molecule has 10 nitrogen and oxygen atoms in total. The summed E-state index contributed by atoms with van der Waals surface area (Å²) < 4.78 is 5.52. The van der Waals surface area contributed by atoms with Crippen LogP contribution in [-0.4, -0.2) is 33.6 Å². The first-order chi connectivity index (χ1) is 17.6. The fourth-order valence-corrected chi connectivity index (χ4v) is 5.27. The number of hydrogen-bond acceptors (Lipinski definition) is 9. The molecule has 0 aliphatic heterocycles. The number of fused-ring (bicyclic) bond motifs is 3. The molecule has 0 saturated carbocycles. The van der Waals surface area contributed by atoms with Crippen LogP contribution in [0.4, 0.5) is 17.2 Å². The zero-order valence-corrected chi connectivity index (χ0v) is 20.0. The average Bonchev–Trinajstić information content (AvgIpc) is 3.28. The Balaban J connectivity index is 1.16. The second kappa shape index (κ2) is 10.5. The number of ether oxygens (including phenoxy) is 1. The molecule has 1 aliphatic rings. The molecule has 2 aromatic heterocycles. The van der Waals surface area contributed by atoms with Gasteiger partial charge in [-0.25, -0.2) is 9.97 Å². The lowest BCUT2D eigenvalue weighted by atomic mass is 9.97. The van der Waals surface area contributed by atoms with E-state index in [0.717, 1.165) is 28.6 Å². The molecule has 0 bridgehead atoms. The summed E-state index contributed by atoms with van der Waals surface area (Å²) in [5.41, 5.74) is 5.48. The summed E-state index contributed by atoms with van der Waals surface area (Å²) >= 11 is 1.74. The third-order valence-corrected chi connectivity index (χ3v) is 6.93. The normalized spacial score (nSPS) is 12.9. The van der Waals surface area contributed by atoms with Crippen LogP contribution in [-0.2, 0) is 17.6 Å². The lowest BCUT2D eigenvalue weighted by Crippen LogP contribution is -2.20. The van der Waals surface area contributed by atoms with Crippen LogP contribution in [0.2, 0.25) is 0 Å². The lowest BCUT2D eigenvalue weighted by Gasteiger charge is -2.11. The number of carbonyl (C=O) groups is 1. The molecule has 5 rings (SSSR count). The molecule has 0 spiro atoms. The van der Waals surface area contributed by atoms with E-state index in [1.807, 2.05) is 12.1 Å². The SMILES string of the molecule is O=C(COc1ccc(C=NNc2ncnc3sc4c(c23)CCCC4)cc1)Nc1cccc([N+](=O)[O-])c1. The van der Waals surface area contributed by atoms with Gasteiger partial charge in [0, 0.05) is 22.7 Å². The van der Waals surface area contributed by atoms with Gasteiger partial charge in [0.05, 0.1) is 16.5 Å². The van der Waals surface area contributed by atoms with Gasteiger partial charge in [-0.05, 0) is 67.1 Å². The minimum Gasteiger partial charge on any atom is -0.484 e. The molecule has 0 radical (unpaired) electrons. The highest BCUT2D eigenvalue weighted by atomic mass is 32.1. The smallest absolute Gasteiger partial charge is 0.271 e. The van der Waals surface area contributed by atoms with Crippen molar-refractivity contribution >= 4 is 50.9 Å². The predicted molar refractivity (Wildman–Crippen MR) is 139 cm³/mol. The minimum atomic E-state index is -0.518. The third-order valence-electron chi connectivity index (χ3n) is 5.73. The summed E-state index contributed by atoms with van der Waals surface area (Å²) in [5, 5.41) is 18.9. The van der Waals surface area contributed by atoms with E-state index >= 15 is 0 Å². The van der Waals surface area contributed by atoms with E-state index < -0.39 is 10.8 Å². The van der Waals surface area contributed by atoms with Gasteiger partial charge >= 0.3 is 0 Å². The molecule has 0 unspecified atom stereocenters. The van der Waals surface area contributed by atoms with Crippen molar-refractivity contribution in [3.63, 3.8) is 0 Å². The summed E-state index contributed by atoms with van der Waals surface area (Å²) in [6.07, 6.45) is 7.79. The highest BCUT2D eigenvalue weighted by molar-refractivity contribution is 7.19. The molecule has 0 fully saturated rings. The first-order valence-corrected chi connectivity index (χ1v) is 12.2. The number of non-ortho nitro benzene ring substituents is 1. The van der Waals surface area contributed by atoms with Crippen LogP contribution in [0.3, 0.4) is 0 Å². The Bertz CT molecular complexity index is 1450. The molecule has 2 heterocycles. The number of hydrazone groups is 1. The Morgan fingerprint density at radius 2 is 2.00 bits per heavy atom. The zero-order valence-electron chi connectivity index (χ0n) is 19.1. The Morgan fingerprint density at radius 3 is 2.83 bits per heavy atom. The van der Waals surface area contributed by atoms with Crippen molar-refractivity contribution in [1.29, 1.82) is 0 Å². The van der Waals surface area contributed by atoms with Crippen LogP contribution in [0.1, 0.15) is 28.8 Å². The second-order valence-corrected chi connectivity index (χ2v) is 9.28. The first kappa shape index (κ1) is 23.4. The Kier molecular flexibility index (Phi) is 6.80. The minimum absolute atomic E-state index is 0.0979. The fraction of sp³-hybridized carbons (Fsp3) is 0.200. The van der Waals surface area contributed by atoms with E-state index in [0.29, 0.717) is 17.3 Å². The van der Waals surface area contributed by atoms with E-state index in [4.69, 9.17) is 4.74 Å². The predicted octanol–water partition coefficient (Wildman–Crippen LogP) is 4.94. The second-order valence-electron chi connectivity index (χ2n) is 8.20. The van der Waals surface area contributed by atoms with Crippen LogP contribution < -0.4 is 15.5 Å². The molecule has 0 saturated heterocycles. The van der Waals surface area contributed by atoms with Crippen LogP contribution in [0.15, 0.2) is 60.0 Å². The number of amides is 1. The molecule has 2 aromatic carbocycles. The van der Waals surface area contributed by atoms with E-state index in [-0.39, 0.29) is 12.3 Å². The van der Waals surface area contributed by atoms with Gasteiger partial charge in [0.2, 0.25) is 0 Å². The van der Waals surface area contributed by atoms with Crippen molar-refractivity contribution < 1.29 is 14.5 Å². The van der Waals surface area contributed by atoms with Crippen LogP contribution in [0.25, 0.3) is 10.2 Å². The monoisotopic (exact) mass is 502 g/mol. The molecule has 2 N–H and O–H groups in total. The number of carbonyl (C=O) groups excluding carboxylic acids is 1. The quantitative estimate of drug-likeness (QED) is 0.198. The highest BCUT2D eigenvalue weighted by Gasteiger charge is 2.19. The molecule has 0 atom stereocenters. The van der Waals surface area contributed by atoms with E-state index in [2.05, 4.69) is 25.8 Å². The van der Waals surface area contributed by atoms with Gasteiger partial charge in [-0.2, -0.15) is 5.10 Å². The van der Waals surface area contributed by atoms with Gasteiger partial charge in [-0.15, -0.1) is 11.3 Å². The third kappa shape index (κ3) is 5.31. The first-order valence-electron chi connectivity index (χ1n) is 11.4. The summed E-state index contributed by atoms with van der Waals surface area (Å²) in [7, 11) is 0. The van der Waals surface area contributed by atoms with Crippen LogP contribution >= 0.6 is 11.3 Å². The molecular formula is C25H22N6O4S. The molecule has 11 heteroatoms. The topological polar surface area (TPSA) is 132 Å². The fourth-order valence-electron chi connectivity index (χ4n) is 4.04. The molecular weight excluding hydrogens is 480 g/mol. The number of benzene rings is 2. The van der Waals surface area contributed by atoms with Crippen molar-refractivity contribution in [3.8, 4) is 5.75 Å². The van der Waals surface area contributed by atoms with Crippen molar-refractivity contribution in [1.82, 2.24) is 9.97 Å². The van der Waals surface area contributed by atoms with Gasteiger partial charge < -0.3 is 10.1 Å². The standard InChI is InChI=1S/C25H22N6O4S/c32-22(29-17-4-3-5-18(12-17)31(33)34)14-35-19-10-8-16(9-11-19)13-28-30-24-23-20-6-1-2-7-21(20)36-25(23)27-15-26-24/h3-5,8-13,15H,1-2,6-7,14H2,(H,29,32)(H,26,27,30). The molecule has 4 aromatic rings. The molecule has 36 heavy (non-hydrogen) atoms. The van der Waals surface area contributed by atoms with Crippen molar-refractivity contribution in [2.45, 2.75) is 25.7 Å². The van der Waals surface area contributed by atoms with Crippen molar-refractivity contribution in [2.75, 3.05) is 17.3 Å². The zero-order chi connectivity index (χ0) is 24.9. The van der Waals surface area contributed by atoms with Crippen LogP contribution in [0.5, 0.6) is 5.75 Å². The van der Waals surface area contributed by atoms with Gasteiger partial charge in [0.25, 0.3) is 11.6 Å². The van der Waals surface area contributed by atoms with Crippen molar-refractivity contribution in [2.24, 2.45) is 5.10 Å². The Hall–Kier alpha value is -4.38. The summed E-state index contributed by atoms with van der Waals surface area (Å²) in [4.78, 5) is 33.7. The maximum atomic E-state index is 12.1. The van der Waals surface area contributed by atoms with E-state index in [1.54, 1.807) is 42.1 Å². The number of aromatic nitrogens is 2. The van der Waals surface area contributed by atoms with Gasteiger partial charge in [-0.3, -0.25) is 20.3 Å². The number of nitrogens with one attached hydrogen (secondary N) is 2. The number of nitro benzene ring substituents is 1. The molecule has 182 valence electrons. The number of nitro groups is 1. The number of rotatable bonds is 8. The number of hydrogen-bond donors (Lipinski definition) is 2. The van der Waals surface area contributed by atoms with E-state index in [9.17, 15) is 14.9 Å². The summed E-state index contributed by atoms with van der Waals surface area (Å²) in [6.45, 7) is -0.230.